The van der Waals surface area contributed by atoms with Crippen LogP contribution < -0.4 is 15.4 Å². The molecule has 0 unspecified atom stereocenters. The summed E-state index contributed by atoms with van der Waals surface area (Å²) in [6, 6.07) is 4.52. The Kier molecular flexibility index (Phi) is 7.63. The SMILES string of the molecule is Cc1cc(Nc2ncc(Cl)c(Nc3cn(C4CC4)nc3S(=O)(=O)C(C)C)n2)c(OC2CC2)cc1C1CCN(C)CC1. The Hall–Kier alpha value is -2.89. The van der Waals surface area contributed by atoms with Crippen molar-refractivity contribution in [2.75, 3.05) is 30.8 Å². The van der Waals surface area contributed by atoms with Crippen molar-refractivity contribution >= 4 is 44.6 Å². The van der Waals surface area contributed by atoms with Crippen LogP contribution in [0.4, 0.5) is 23.1 Å². The third kappa shape index (κ3) is 6.17. The first-order valence-corrected chi connectivity index (χ1v) is 16.4. The molecule has 0 radical (unpaired) electrons. The Morgan fingerprint density at radius 2 is 1.78 bits per heavy atom. The topological polar surface area (TPSA) is 114 Å². The van der Waals surface area contributed by atoms with Gasteiger partial charge in [0, 0.05) is 0 Å². The van der Waals surface area contributed by atoms with Crippen molar-refractivity contribution < 1.29 is 13.2 Å². The summed E-state index contributed by atoms with van der Waals surface area (Å²) in [5.74, 6) is 1.93. The summed E-state index contributed by atoms with van der Waals surface area (Å²) in [4.78, 5) is 11.4. The number of halogens is 1. The number of likely N-dealkylation sites (tertiary alicyclic amines) is 1. The number of sulfone groups is 1. The predicted molar refractivity (Wildman–Crippen MR) is 161 cm³/mol. The van der Waals surface area contributed by atoms with E-state index in [9.17, 15) is 8.42 Å². The predicted octanol–water partition coefficient (Wildman–Crippen LogP) is 5.99. The van der Waals surface area contributed by atoms with E-state index in [1.165, 1.54) is 17.3 Å². The molecule has 1 saturated heterocycles. The minimum absolute atomic E-state index is 0.00354. The molecule has 2 aromatic heterocycles. The highest BCUT2D eigenvalue weighted by Gasteiger charge is 2.32. The molecule has 3 aromatic rings. The fourth-order valence-electron chi connectivity index (χ4n) is 5.21. The molecule has 2 saturated carbocycles. The number of nitrogens with one attached hydrogen (secondary N) is 2. The van der Waals surface area contributed by atoms with Gasteiger partial charge in [-0.25, -0.2) is 13.4 Å². The molecule has 2 N–H and O–H groups in total. The van der Waals surface area contributed by atoms with E-state index in [0.29, 0.717) is 23.4 Å². The van der Waals surface area contributed by atoms with Crippen LogP contribution in [0.25, 0.3) is 0 Å². The van der Waals surface area contributed by atoms with E-state index in [-0.39, 0.29) is 22.2 Å². The summed E-state index contributed by atoms with van der Waals surface area (Å²) in [7, 11) is -1.46. The van der Waals surface area contributed by atoms with Crippen LogP contribution in [-0.2, 0) is 9.84 Å². The van der Waals surface area contributed by atoms with E-state index in [0.717, 1.165) is 63.1 Å². The number of rotatable bonds is 10. The summed E-state index contributed by atoms with van der Waals surface area (Å²) in [6.45, 7) is 7.63. The Morgan fingerprint density at radius 1 is 1.05 bits per heavy atom. The van der Waals surface area contributed by atoms with Gasteiger partial charge in [-0.3, -0.25) is 4.68 Å². The number of hydrogen-bond donors (Lipinski definition) is 2. The molecule has 1 aromatic carbocycles. The van der Waals surface area contributed by atoms with Crippen molar-refractivity contribution in [2.45, 2.75) is 87.6 Å². The van der Waals surface area contributed by atoms with E-state index < -0.39 is 15.1 Å². The average Bonchev–Trinajstić information content (AvgIpc) is 3.87. The van der Waals surface area contributed by atoms with Crippen molar-refractivity contribution in [1.82, 2.24) is 24.6 Å². The van der Waals surface area contributed by atoms with Gasteiger partial charge < -0.3 is 20.3 Å². The molecule has 0 bridgehead atoms. The molecule has 41 heavy (non-hydrogen) atoms. The molecule has 0 amide bonds. The third-order valence-electron chi connectivity index (χ3n) is 8.10. The van der Waals surface area contributed by atoms with Crippen molar-refractivity contribution in [2.24, 2.45) is 0 Å². The normalized spacial score (nSPS) is 18.6. The first-order chi connectivity index (χ1) is 19.6. The summed E-state index contributed by atoms with van der Waals surface area (Å²) in [5, 5.41) is 10.6. The quantitative estimate of drug-likeness (QED) is 0.290. The molecule has 2 aliphatic carbocycles. The first-order valence-electron chi connectivity index (χ1n) is 14.5. The second-order valence-corrected chi connectivity index (χ2v) is 14.7. The average molecular weight is 600 g/mol. The van der Waals surface area contributed by atoms with Crippen molar-refractivity contribution in [3.8, 4) is 5.75 Å². The van der Waals surface area contributed by atoms with Crippen LogP contribution in [0, 0.1) is 6.92 Å². The van der Waals surface area contributed by atoms with Crippen LogP contribution in [0.2, 0.25) is 5.02 Å². The minimum Gasteiger partial charge on any atom is -0.488 e. The standard InChI is InChI=1S/C29H38ClN7O3S/c1-17(2)41(38,39)28-25(16-37(35-28)20-5-6-20)32-27-23(30)15-31-29(34-27)33-24-13-18(3)22(14-26(24)40-21-7-8-21)19-9-11-36(4)12-10-19/h13-17,19-21H,5-12H2,1-4H3,(H2,31,32,33,34). The van der Waals surface area contributed by atoms with Gasteiger partial charge in [0.05, 0.1) is 41.2 Å². The first kappa shape index (κ1) is 28.2. The van der Waals surface area contributed by atoms with Crippen LogP contribution in [-0.4, -0.2) is 64.6 Å². The lowest BCUT2D eigenvalue weighted by Crippen LogP contribution is -2.29. The summed E-state index contributed by atoms with van der Waals surface area (Å²) in [6.07, 6.45) is 9.79. The van der Waals surface area contributed by atoms with Gasteiger partial charge in [-0.1, -0.05) is 11.6 Å². The number of aryl methyl sites for hydroxylation is 1. The van der Waals surface area contributed by atoms with Gasteiger partial charge in [0.2, 0.25) is 20.8 Å². The number of nitrogens with zero attached hydrogens (tertiary/aromatic N) is 5. The fraction of sp³-hybridized carbons (Fsp3) is 0.552. The molecule has 10 nitrogen and oxygen atoms in total. The van der Waals surface area contributed by atoms with Crippen LogP contribution in [0.5, 0.6) is 5.75 Å². The van der Waals surface area contributed by atoms with Crippen molar-refractivity contribution in [3.63, 3.8) is 0 Å². The van der Waals surface area contributed by atoms with Gasteiger partial charge in [-0.15, -0.1) is 0 Å². The number of benzene rings is 1. The minimum atomic E-state index is -3.63. The zero-order valence-electron chi connectivity index (χ0n) is 24.0. The molecule has 0 spiro atoms. The molecule has 3 aliphatic rings. The van der Waals surface area contributed by atoms with Crippen molar-refractivity contribution in [1.29, 1.82) is 0 Å². The Balaban J connectivity index is 1.29. The van der Waals surface area contributed by atoms with E-state index in [4.69, 9.17) is 16.3 Å². The number of anilines is 4. The highest BCUT2D eigenvalue weighted by Crippen LogP contribution is 2.41. The maximum absolute atomic E-state index is 13.1. The van der Waals surface area contributed by atoms with Gasteiger partial charge in [0.25, 0.3) is 0 Å². The van der Waals surface area contributed by atoms with E-state index in [1.54, 1.807) is 24.7 Å². The smallest absolute Gasteiger partial charge is 0.229 e. The molecule has 1 aliphatic heterocycles. The molecular formula is C29H38ClN7O3S. The summed E-state index contributed by atoms with van der Waals surface area (Å²) >= 11 is 6.49. The second kappa shape index (κ2) is 11.1. The molecular weight excluding hydrogens is 562 g/mol. The number of piperidine rings is 1. The number of hydrogen-bond acceptors (Lipinski definition) is 9. The fourth-order valence-corrected chi connectivity index (χ4v) is 6.41. The van der Waals surface area contributed by atoms with Gasteiger partial charge in [-0.05, 0) is 109 Å². The Morgan fingerprint density at radius 3 is 2.44 bits per heavy atom. The highest BCUT2D eigenvalue weighted by molar-refractivity contribution is 7.92. The zero-order valence-corrected chi connectivity index (χ0v) is 25.6. The summed E-state index contributed by atoms with van der Waals surface area (Å²) in [5.41, 5.74) is 3.69. The maximum Gasteiger partial charge on any atom is 0.229 e. The van der Waals surface area contributed by atoms with Gasteiger partial charge in [0.1, 0.15) is 10.8 Å². The number of ether oxygens (including phenoxy) is 1. The molecule has 220 valence electrons. The lowest BCUT2D eigenvalue weighted by atomic mass is 9.86. The molecule has 6 rings (SSSR count). The lowest BCUT2D eigenvalue weighted by molar-refractivity contribution is 0.254. The monoisotopic (exact) mass is 599 g/mol. The molecule has 3 heterocycles. The zero-order chi connectivity index (χ0) is 28.9. The molecule has 3 fully saturated rings. The Bertz CT molecular complexity index is 1540. The largest absolute Gasteiger partial charge is 0.488 e. The lowest BCUT2D eigenvalue weighted by Gasteiger charge is -2.30. The van der Waals surface area contributed by atoms with E-state index >= 15 is 0 Å². The van der Waals surface area contributed by atoms with Crippen LogP contribution in [0.1, 0.15) is 75.5 Å². The van der Waals surface area contributed by atoms with E-state index in [1.807, 2.05) is 0 Å². The van der Waals surface area contributed by atoms with Crippen LogP contribution in [0.3, 0.4) is 0 Å². The van der Waals surface area contributed by atoms with Crippen LogP contribution >= 0.6 is 11.6 Å². The van der Waals surface area contributed by atoms with Gasteiger partial charge in [0.15, 0.2) is 5.82 Å². The molecule has 12 heteroatoms. The molecule has 0 atom stereocenters. The van der Waals surface area contributed by atoms with Crippen LogP contribution in [0.15, 0.2) is 29.6 Å². The van der Waals surface area contributed by atoms with Crippen molar-refractivity contribution in [3.05, 3.63) is 40.7 Å². The van der Waals surface area contributed by atoms with Gasteiger partial charge in [-0.2, -0.15) is 10.1 Å². The number of aromatic nitrogens is 4. The maximum atomic E-state index is 13.1. The third-order valence-corrected chi connectivity index (χ3v) is 10.5. The summed E-state index contributed by atoms with van der Waals surface area (Å²) < 4.78 is 34.3. The second-order valence-electron chi connectivity index (χ2n) is 11.9. The van der Waals surface area contributed by atoms with E-state index in [2.05, 4.69) is 56.7 Å². The highest BCUT2D eigenvalue weighted by atomic mass is 35.5. The van der Waals surface area contributed by atoms with Gasteiger partial charge >= 0.3 is 0 Å². The Labute approximate surface area is 246 Å².